The lowest BCUT2D eigenvalue weighted by atomic mass is 10.3. The summed E-state index contributed by atoms with van der Waals surface area (Å²) >= 11 is 9.25. The molecule has 0 amide bonds. The molecule has 0 radical (unpaired) electrons. The van der Waals surface area contributed by atoms with E-state index in [1.807, 2.05) is 19.1 Å². The summed E-state index contributed by atoms with van der Waals surface area (Å²) in [6.45, 7) is 1.81. The summed E-state index contributed by atoms with van der Waals surface area (Å²) in [4.78, 5) is 8.29. The van der Waals surface area contributed by atoms with E-state index in [1.54, 1.807) is 18.2 Å². The highest BCUT2D eigenvalue weighted by Crippen LogP contribution is 2.27. The van der Waals surface area contributed by atoms with Crippen LogP contribution in [0.3, 0.4) is 0 Å². The number of benzene rings is 1. The van der Waals surface area contributed by atoms with E-state index < -0.39 is 0 Å². The fraction of sp³-hybridized carbons (Fsp3) is 0.0833. The molecular weight excluding hydrogens is 316 g/mol. The second kappa shape index (κ2) is 5.34. The third-order valence-corrected chi connectivity index (χ3v) is 3.04. The summed E-state index contributed by atoms with van der Waals surface area (Å²) < 4.78 is 0.804. The van der Waals surface area contributed by atoms with Gasteiger partial charge in [-0.15, -0.1) is 0 Å². The van der Waals surface area contributed by atoms with Crippen molar-refractivity contribution in [2.75, 3.05) is 5.32 Å². The lowest BCUT2D eigenvalue weighted by molar-refractivity contribution is 1.09. The fourth-order valence-electron chi connectivity index (χ4n) is 1.39. The van der Waals surface area contributed by atoms with Gasteiger partial charge in [0.15, 0.2) is 0 Å². The van der Waals surface area contributed by atoms with Gasteiger partial charge in [0, 0.05) is 15.2 Å². The minimum atomic E-state index is 0.329. The van der Waals surface area contributed by atoms with Crippen LogP contribution in [-0.2, 0) is 0 Å². The van der Waals surface area contributed by atoms with Crippen molar-refractivity contribution < 1.29 is 0 Å². The molecule has 1 aromatic carbocycles. The van der Waals surface area contributed by atoms with Crippen molar-refractivity contribution in [2.45, 2.75) is 6.92 Å². The molecular formula is C12H8BrClN4. The van der Waals surface area contributed by atoms with Crippen molar-refractivity contribution in [2.24, 2.45) is 0 Å². The molecule has 0 fully saturated rings. The van der Waals surface area contributed by atoms with Gasteiger partial charge in [0.25, 0.3) is 0 Å². The Balaban J connectivity index is 2.34. The molecule has 4 nitrogen and oxygen atoms in total. The smallest absolute Gasteiger partial charge is 0.228 e. The van der Waals surface area contributed by atoms with Gasteiger partial charge in [0.05, 0.1) is 5.69 Å². The molecule has 2 rings (SSSR count). The molecule has 1 heterocycles. The third kappa shape index (κ3) is 2.97. The molecule has 0 unspecified atom stereocenters. The molecule has 0 bridgehead atoms. The normalized spacial score (nSPS) is 9.89. The molecule has 0 saturated heterocycles. The summed E-state index contributed by atoms with van der Waals surface area (Å²) in [6.07, 6.45) is 0. The van der Waals surface area contributed by atoms with Crippen LogP contribution in [0.2, 0.25) is 5.02 Å². The Morgan fingerprint density at radius 3 is 2.78 bits per heavy atom. The summed E-state index contributed by atoms with van der Waals surface area (Å²) in [6, 6.07) is 8.96. The number of hydrogen-bond acceptors (Lipinski definition) is 4. The van der Waals surface area contributed by atoms with Gasteiger partial charge in [-0.1, -0.05) is 11.6 Å². The Morgan fingerprint density at radius 2 is 2.11 bits per heavy atom. The molecule has 0 aliphatic rings. The van der Waals surface area contributed by atoms with E-state index in [0.29, 0.717) is 16.7 Å². The van der Waals surface area contributed by atoms with Gasteiger partial charge < -0.3 is 5.32 Å². The lowest BCUT2D eigenvalue weighted by Crippen LogP contribution is -2.00. The molecule has 0 aliphatic heterocycles. The minimum Gasteiger partial charge on any atom is -0.323 e. The predicted octanol–water partition coefficient (Wildman–Crippen LogP) is 3.82. The molecule has 90 valence electrons. The van der Waals surface area contributed by atoms with E-state index in [1.165, 1.54) is 0 Å². The van der Waals surface area contributed by atoms with E-state index in [2.05, 4.69) is 31.2 Å². The van der Waals surface area contributed by atoms with E-state index in [9.17, 15) is 0 Å². The van der Waals surface area contributed by atoms with Crippen molar-refractivity contribution in [1.82, 2.24) is 9.97 Å². The molecule has 2 aromatic rings. The van der Waals surface area contributed by atoms with Crippen molar-refractivity contribution in [1.29, 1.82) is 5.26 Å². The summed E-state index contributed by atoms with van der Waals surface area (Å²) in [5.41, 5.74) is 1.85. The van der Waals surface area contributed by atoms with Gasteiger partial charge >= 0.3 is 0 Å². The van der Waals surface area contributed by atoms with Crippen LogP contribution in [0.5, 0.6) is 0 Å². The minimum absolute atomic E-state index is 0.329. The van der Waals surface area contributed by atoms with Gasteiger partial charge in [-0.25, -0.2) is 9.97 Å². The van der Waals surface area contributed by atoms with Crippen molar-refractivity contribution in [3.8, 4) is 6.07 Å². The van der Waals surface area contributed by atoms with Crippen LogP contribution in [0.4, 0.5) is 11.6 Å². The Kier molecular flexibility index (Phi) is 3.80. The molecule has 1 N–H and O–H groups in total. The average Bonchev–Trinajstić information content (AvgIpc) is 2.32. The van der Waals surface area contributed by atoms with Gasteiger partial charge in [-0.3, -0.25) is 0 Å². The van der Waals surface area contributed by atoms with Crippen molar-refractivity contribution in [3.05, 3.63) is 45.1 Å². The first kappa shape index (κ1) is 12.8. The monoisotopic (exact) mass is 322 g/mol. The SMILES string of the molecule is Cc1cc(C#N)nc(Nc2ccc(Cl)cc2Br)n1. The Labute approximate surface area is 118 Å². The number of anilines is 2. The van der Waals surface area contributed by atoms with Gasteiger partial charge in [-0.05, 0) is 47.1 Å². The van der Waals surface area contributed by atoms with E-state index in [4.69, 9.17) is 16.9 Å². The number of aromatic nitrogens is 2. The highest BCUT2D eigenvalue weighted by Gasteiger charge is 2.05. The molecule has 0 spiro atoms. The molecule has 18 heavy (non-hydrogen) atoms. The standard InChI is InChI=1S/C12H8BrClN4/c1-7-4-9(6-15)17-12(16-7)18-11-3-2-8(14)5-10(11)13/h2-5H,1H3,(H,16,17,18). The van der Waals surface area contributed by atoms with Gasteiger partial charge in [0.2, 0.25) is 5.95 Å². The zero-order chi connectivity index (χ0) is 13.1. The van der Waals surface area contributed by atoms with Crippen LogP contribution in [-0.4, -0.2) is 9.97 Å². The number of nitriles is 1. The number of aryl methyl sites for hydroxylation is 1. The number of hydrogen-bond donors (Lipinski definition) is 1. The number of nitrogens with one attached hydrogen (secondary N) is 1. The quantitative estimate of drug-likeness (QED) is 0.912. The largest absolute Gasteiger partial charge is 0.323 e. The summed E-state index contributed by atoms with van der Waals surface area (Å²) in [5.74, 6) is 0.384. The van der Waals surface area contributed by atoms with Gasteiger partial charge in [0.1, 0.15) is 11.8 Å². The summed E-state index contributed by atoms with van der Waals surface area (Å²) in [7, 11) is 0. The first-order valence-electron chi connectivity index (χ1n) is 5.06. The average molecular weight is 324 g/mol. The maximum Gasteiger partial charge on any atom is 0.228 e. The van der Waals surface area contributed by atoms with Crippen LogP contribution in [0.15, 0.2) is 28.7 Å². The molecule has 0 saturated carbocycles. The highest BCUT2D eigenvalue weighted by atomic mass is 79.9. The maximum absolute atomic E-state index is 8.85. The number of halogens is 2. The maximum atomic E-state index is 8.85. The van der Waals surface area contributed by atoms with E-state index in [0.717, 1.165) is 15.9 Å². The van der Waals surface area contributed by atoms with Gasteiger partial charge in [-0.2, -0.15) is 5.26 Å². The zero-order valence-corrected chi connectivity index (χ0v) is 11.7. The predicted molar refractivity (Wildman–Crippen MR) is 73.9 cm³/mol. The first-order valence-corrected chi connectivity index (χ1v) is 6.23. The topological polar surface area (TPSA) is 61.6 Å². The van der Waals surface area contributed by atoms with E-state index in [-0.39, 0.29) is 0 Å². The third-order valence-electron chi connectivity index (χ3n) is 2.15. The lowest BCUT2D eigenvalue weighted by Gasteiger charge is -2.08. The van der Waals surface area contributed by atoms with Crippen LogP contribution >= 0.6 is 27.5 Å². The fourth-order valence-corrected chi connectivity index (χ4v) is 2.17. The molecule has 6 heteroatoms. The van der Waals surface area contributed by atoms with E-state index >= 15 is 0 Å². The van der Waals surface area contributed by atoms with Crippen LogP contribution in [0, 0.1) is 18.3 Å². The molecule has 0 atom stereocenters. The second-order valence-electron chi connectivity index (χ2n) is 3.58. The van der Waals surface area contributed by atoms with Crippen LogP contribution in [0.25, 0.3) is 0 Å². The van der Waals surface area contributed by atoms with Crippen molar-refractivity contribution >= 4 is 39.2 Å². The second-order valence-corrected chi connectivity index (χ2v) is 4.87. The highest BCUT2D eigenvalue weighted by molar-refractivity contribution is 9.10. The number of rotatable bonds is 2. The first-order chi connectivity index (χ1) is 8.58. The Bertz CT molecular complexity index is 636. The number of nitrogens with zero attached hydrogens (tertiary/aromatic N) is 3. The van der Waals surface area contributed by atoms with Crippen molar-refractivity contribution in [3.63, 3.8) is 0 Å². The summed E-state index contributed by atoms with van der Waals surface area (Å²) in [5, 5.41) is 12.5. The van der Waals surface area contributed by atoms with Crippen LogP contribution in [0.1, 0.15) is 11.4 Å². The molecule has 0 aliphatic carbocycles. The van der Waals surface area contributed by atoms with Crippen LogP contribution < -0.4 is 5.32 Å². The zero-order valence-electron chi connectivity index (χ0n) is 9.41. The molecule has 1 aromatic heterocycles. The Hall–Kier alpha value is -1.64. The Morgan fingerprint density at radius 1 is 1.33 bits per heavy atom.